The molecule has 108 valence electrons. The number of aryl methyl sites for hydroxylation is 1. The van der Waals surface area contributed by atoms with Crippen molar-refractivity contribution in [2.45, 2.75) is 25.3 Å². The van der Waals surface area contributed by atoms with E-state index in [0.717, 1.165) is 11.3 Å². The molecule has 1 aromatic heterocycles. The SMILES string of the molecule is CNC(c1c(Cl)cnn1C)C(C)(C)c1ccc(F)cc1. The Balaban J connectivity index is 2.47. The highest BCUT2D eigenvalue weighted by Crippen LogP contribution is 2.38. The monoisotopic (exact) mass is 295 g/mol. The smallest absolute Gasteiger partial charge is 0.123 e. The molecule has 0 bridgehead atoms. The van der Waals surface area contributed by atoms with Gasteiger partial charge in [0.05, 0.1) is 23.0 Å². The highest BCUT2D eigenvalue weighted by Gasteiger charge is 2.34. The predicted molar refractivity (Wildman–Crippen MR) is 79.4 cm³/mol. The van der Waals surface area contributed by atoms with Gasteiger partial charge in [-0.25, -0.2) is 4.39 Å². The Labute approximate surface area is 123 Å². The maximum absolute atomic E-state index is 13.1. The van der Waals surface area contributed by atoms with Crippen LogP contribution >= 0.6 is 11.6 Å². The topological polar surface area (TPSA) is 29.9 Å². The van der Waals surface area contributed by atoms with Crippen molar-refractivity contribution >= 4 is 11.6 Å². The average Bonchev–Trinajstić information content (AvgIpc) is 2.72. The number of benzene rings is 1. The summed E-state index contributed by atoms with van der Waals surface area (Å²) >= 11 is 6.25. The Morgan fingerprint density at radius 1 is 1.30 bits per heavy atom. The van der Waals surface area contributed by atoms with E-state index in [4.69, 9.17) is 11.6 Å². The van der Waals surface area contributed by atoms with E-state index in [0.29, 0.717) is 5.02 Å². The lowest BCUT2D eigenvalue weighted by molar-refractivity contribution is 0.350. The summed E-state index contributed by atoms with van der Waals surface area (Å²) in [6.07, 6.45) is 1.64. The molecule has 2 rings (SSSR count). The largest absolute Gasteiger partial charge is 0.311 e. The molecule has 20 heavy (non-hydrogen) atoms. The van der Waals surface area contributed by atoms with Gasteiger partial charge in [-0.05, 0) is 24.7 Å². The van der Waals surface area contributed by atoms with Gasteiger partial charge in [0.15, 0.2) is 0 Å². The second-order valence-corrected chi connectivity index (χ2v) is 5.86. The molecule has 2 aromatic rings. The van der Waals surface area contributed by atoms with E-state index in [-0.39, 0.29) is 17.3 Å². The molecule has 0 saturated carbocycles. The number of hydrogen-bond acceptors (Lipinski definition) is 2. The Morgan fingerprint density at radius 2 is 1.90 bits per heavy atom. The van der Waals surface area contributed by atoms with Gasteiger partial charge in [-0.2, -0.15) is 5.10 Å². The first-order chi connectivity index (χ1) is 9.37. The lowest BCUT2D eigenvalue weighted by atomic mass is 9.76. The third kappa shape index (κ3) is 2.58. The van der Waals surface area contributed by atoms with E-state index in [1.54, 1.807) is 10.9 Å². The molecule has 0 radical (unpaired) electrons. The molecule has 0 spiro atoms. The number of hydrogen-bond donors (Lipinski definition) is 1. The Kier molecular flexibility index (Phi) is 4.16. The molecule has 1 unspecified atom stereocenters. The third-order valence-electron chi connectivity index (χ3n) is 3.81. The van der Waals surface area contributed by atoms with Crippen molar-refractivity contribution in [2.75, 3.05) is 7.05 Å². The number of halogens is 2. The van der Waals surface area contributed by atoms with Crippen LogP contribution in [0, 0.1) is 5.82 Å². The molecular formula is C15H19ClFN3. The average molecular weight is 296 g/mol. The van der Waals surface area contributed by atoms with Crippen LogP contribution in [0.5, 0.6) is 0 Å². The second-order valence-electron chi connectivity index (χ2n) is 5.45. The van der Waals surface area contributed by atoms with Crippen LogP contribution in [0.4, 0.5) is 4.39 Å². The summed E-state index contributed by atoms with van der Waals surface area (Å²) in [5.74, 6) is -0.232. The highest BCUT2D eigenvalue weighted by molar-refractivity contribution is 6.31. The fourth-order valence-corrected chi connectivity index (χ4v) is 2.91. The van der Waals surface area contributed by atoms with Gasteiger partial charge in [-0.1, -0.05) is 37.6 Å². The van der Waals surface area contributed by atoms with E-state index in [2.05, 4.69) is 24.3 Å². The van der Waals surface area contributed by atoms with E-state index in [1.807, 2.05) is 26.2 Å². The van der Waals surface area contributed by atoms with Crippen molar-refractivity contribution in [3.63, 3.8) is 0 Å². The minimum Gasteiger partial charge on any atom is -0.311 e. The molecule has 1 atom stereocenters. The summed E-state index contributed by atoms with van der Waals surface area (Å²) in [5.41, 5.74) is 1.69. The van der Waals surface area contributed by atoms with Crippen LogP contribution in [0.25, 0.3) is 0 Å². The van der Waals surface area contributed by atoms with E-state index < -0.39 is 0 Å². The zero-order valence-corrected chi connectivity index (χ0v) is 12.9. The van der Waals surface area contributed by atoms with Crippen molar-refractivity contribution in [3.8, 4) is 0 Å². The van der Waals surface area contributed by atoms with Crippen LogP contribution in [0.15, 0.2) is 30.5 Å². The summed E-state index contributed by atoms with van der Waals surface area (Å²) in [4.78, 5) is 0. The summed E-state index contributed by atoms with van der Waals surface area (Å²) in [5, 5.41) is 8.12. The number of nitrogens with zero attached hydrogens (tertiary/aromatic N) is 2. The van der Waals surface area contributed by atoms with Gasteiger partial charge in [0.25, 0.3) is 0 Å². The quantitative estimate of drug-likeness (QED) is 0.936. The summed E-state index contributed by atoms with van der Waals surface area (Å²) < 4.78 is 14.9. The predicted octanol–water partition coefficient (Wildman–Crippen LogP) is 3.45. The number of rotatable bonds is 4. The van der Waals surface area contributed by atoms with Gasteiger partial charge in [0.2, 0.25) is 0 Å². The van der Waals surface area contributed by atoms with Crippen LogP contribution < -0.4 is 5.32 Å². The lowest BCUT2D eigenvalue weighted by Crippen LogP contribution is -2.37. The van der Waals surface area contributed by atoms with Crippen molar-refractivity contribution in [2.24, 2.45) is 7.05 Å². The highest BCUT2D eigenvalue weighted by atomic mass is 35.5. The molecular weight excluding hydrogens is 277 g/mol. The third-order valence-corrected chi connectivity index (χ3v) is 4.10. The van der Waals surface area contributed by atoms with Crippen molar-refractivity contribution in [1.82, 2.24) is 15.1 Å². The zero-order valence-electron chi connectivity index (χ0n) is 12.1. The summed E-state index contributed by atoms with van der Waals surface area (Å²) in [6, 6.07) is 6.55. The first-order valence-electron chi connectivity index (χ1n) is 6.48. The van der Waals surface area contributed by atoms with Crippen LogP contribution in [0.1, 0.15) is 31.1 Å². The van der Waals surface area contributed by atoms with E-state index in [9.17, 15) is 4.39 Å². The van der Waals surface area contributed by atoms with Crippen molar-refractivity contribution in [1.29, 1.82) is 0 Å². The minimum absolute atomic E-state index is 0.0343. The molecule has 0 amide bonds. The fourth-order valence-electron chi connectivity index (χ4n) is 2.63. The maximum Gasteiger partial charge on any atom is 0.123 e. The molecule has 0 aliphatic heterocycles. The van der Waals surface area contributed by atoms with Crippen molar-refractivity contribution in [3.05, 3.63) is 52.6 Å². The molecule has 0 saturated heterocycles. The van der Waals surface area contributed by atoms with Gasteiger partial charge in [-0.15, -0.1) is 0 Å². The first kappa shape index (κ1) is 15.0. The van der Waals surface area contributed by atoms with Gasteiger partial charge < -0.3 is 5.32 Å². The first-order valence-corrected chi connectivity index (χ1v) is 6.86. The Morgan fingerprint density at radius 3 is 2.35 bits per heavy atom. The molecule has 3 nitrogen and oxygen atoms in total. The number of likely N-dealkylation sites (N-methyl/N-ethyl adjacent to an activating group) is 1. The minimum atomic E-state index is -0.264. The zero-order chi connectivity index (χ0) is 14.9. The molecule has 0 fully saturated rings. The lowest BCUT2D eigenvalue weighted by Gasteiger charge is -2.35. The maximum atomic E-state index is 13.1. The standard InChI is InChI=1S/C15H19ClFN3/c1-15(2,10-5-7-11(17)8-6-10)14(18-3)13-12(16)9-19-20(13)4/h5-9,14,18H,1-4H3. The molecule has 5 heteroatoms. The normalized spacial score (nSPS) is 13.5. The summed E-state index contributed by atoms with van der Waals surface area (Å²) in [7, 11) is 3.76. The second kappa shape index (κ2) is 5.54. The molecule has 1 aromatic carbocycles. The van der Waals surface area contributed by atoms with Crippen molar-refractivity contribution < 1.29 is 4.39 Å². The fraction of sp³-hybridized carbons (Fsp3) is 0.400. The van der Waals surface area contributed by atoms with Gasteiger partial charge in [0, 0.05) is 12.5 Å². The Hall–Kier alpha value is -1.39. The van der Waals surface area contributed by atoms with Crippen LogP contribution in [-0.4, -0.2) is 16.8 Å². The molecule has 1 N–H and O–H groups in total. The number of aromatic nitrogens is 2. The van der Waals surface area contributed by atoms with Crippen LogP contribution in [0.2, 0.25) is 5.02 Å². The van der Waals surface area contributed by atoms with Gasteiger partial charge in [0.1, 0.15) is 5.82 Å². The van der Waals surface area contributed by atoms with E-state index in [1.165, 1.54) is 12.1 Å². The van der Waals surface area contributed by atoms with Gasteiger partial charge >= 0.3 is 0 Å². The van der Waals surface area contributed by atoms with Crippen LogP contribution in [0.3, 0.4) is 0 Å². The molecule has 0 aliphatic carbocycles. The molecule has 1 heterocycles. The Bertz CT molecular complexity index is 570. The summed E-state index contributed by atoms with van der Waals surface area (Å²) in [6.45, 7) is 4.20. The number of nitrogens with one attached hydrogen (secondary N) is 1. The van der Waals surface area contributed by atoms with Crippen LogP contribution in [-0.2, 0) is 12.5 Å². The van der Waals surface area contributed by atoms with Gasteiger partial charge in [-0.3, -0.25) is 4.68 Å². The molecule has 0 aliphatic rings. The van der Waals surface area contributed by atoms with E-state index >= 15 is 0 Å².